The summed E-state index contributed by atoms with van der Waals surface area (Å²) in [6.07, 6.45) is 4.98. The third-order valence-electron chi connectivity index (χ3n) is 5.91. The summed E-state index contributed by atoms with van der Waals surface area (Å²) in [7, 11) is 0. The van der Waals surface area contributed by atoms with Gasteiger partial charge in [-0.1, -0.05) is 12.1 Å². The SMILES string of the molecule is CCOC(=O)c1c(O)c2ncc(Cc3ccc(F)cc3)c3c2n(c1=O)C[C@@H](Cn1cnc(C)c1)O3. The van der Waals surface area contributed by atoms with Crippen LogP contribution in [0.1, 0.15) is 34.1 Å². The molecule has 0 fully saturated rings. The van der Waals surface area contributed by atoms with E-state index in [0.717, 1.165) is 11.3 Å². The number of aromatic hydroxyl groups is 1. The summed E-state index contributed by atoms with van der Waals surface area (Å²) in [5.41, 5.74) is 1.57. The highest BCUT2D eigenvalue weighted by molar-refractivity contribution is 6.00. The van der Waals surface area contributed by atoms with Crippen LogP contribution in [0.4, 0.5) is 4.39 Å². The van der Waals surface area contributed by atoms with Crippen molar-refractivity contribution in [1.29, 1.82) is 0 Å². The molecule has 3 aromatic heterocycles. The van der Waals surface area contributed by atoms with Crippen LogP contribution in [0.5, 0.6) is 11.5 Å². The van der Waals surface area contributed by atoms with Gasteiger partial charge >= 0.3 is 5.97 Å². The number of aromatic nitrogens is 4. The fourth-order valence-electron chi connectivity index (χ4n) is 4.35. The molecule has 35 heavy (non-hydrogen) atoms. The van der Waals surface area contributed by atoms with E-state index in [1.165, 1.54) is 22.9 Å². The number of halogens is 1. The molecule has 5 rings (SSSR count). The Morgan fingerprint density at radius 3 is 2.74 bits per heavy atom. The monoisotopic (exact) mass is 478 g/mol. The van der Waals surface area contributed by atoms with Gasteiger partial charge in [0.1, 0.15) is 23.0 Å². The number of esters is 1. The van der Waals surface area contributed by atoms with Crippen molar-refractivity contribution in [1.82, 2.24) is 19.1 Å². The van der Waals surface area contributed by atoms with Crippen molar-refractivity contribution in [3.63, 3.8) is 0 Å². The lowest BCUT2D eigenvalue weighted by Gasteiger charge is -2.30. The molecule has 0 aliphatic carbocycles. The summed E-state index contributed by atoms with van der Waals surface area (Å²) in [6.45, 7) is 4.08. The maximum absolute atomic E-state index is 13.4. The number of benzene rings is 1. The minimum Gasteiger partial charge on any atom is -0.505 e. The van der Waals surface area contributed by atoms with Gasteiger partial charge in [0.05, 0.1) is 31.7 Å². The summed E-state index contributed by atoms with van der Waals surface area (Å²) in [5.74, 6) is -1.41. The number of carbonyl (C=O) groups is 1. The maximum Gasteiger partial charge on any atom is 0.347 e. The molecular formula is C25H23FN4O5. The quantitative estimate of drug-likeness (QED) is 0.425. The van der Waals surface area contributed by atoms with Crippen molar-refractivity contribution < 1.29 is 23.8 Å². The van der Waals surface area contributed by atoms with Crippen LogP contribution < -0.4 is 10.3 Å². The standard InChI is InChI=1S/C25H23FN4O5/c1-3-34-25(33)19-22(31)20-21-23(16(9-27-20)8-15-4-6-17(26)7-5-15)35-18(12-30(21)24(19)32)11-29-10-14(2)28-13-29/h4-7,9-10,13,18,31H,3,8,11-12H2,1-2H3/t18-/m1/s1. The van der Waals surface area contributed by atoms with E-state index >= 15 is 0 Å². The Hall–Kier alpha value is -4.21. The molecule has 1 atom stereocenters. The molecule has 10 heteroatoms. The molecule has 0 radical (unpaired) electrons. The van der Waals surface area contributed by atoms with Gasteiger partial charge in [-0.15, -0.1) is 0 Å². The molecule has 0 unspecified atom stereocenters. The largest absolute Gasteiger partial charge is 0.505 e. The van der Waals surface area contributed by atoms with E-state index in [1.807, 2.05) is 17.7 Å². The fourth-order valence-corrected chi connectivity index (χ4v) is 4.35. The molecule has 0 saturated carbocycles. The first-order valence-corrected chi connectivity index (χ1v) is 11.2. The van der Waals surface area contributed by atoms with Crippen LogP contribution in [0.2, 0.25) is 0 Å². The summed E-state index contributed by atoms with van der Waals surface area (Å²) < 4.78 is 28.0. The Kier molecular flexibility index (Phi) is 5.72. The molecular weight excluding hydrogens is 455 g/mol. The van der Waals surface area contributed by atoms with E-state index in [4.69, 9.17) is 9.47 Å². The number of ether oxygens (including phenoxy) is 2. The Morgan fingerprint density at radius 2 is 2.06 bits per heavy atom. The second kappa shape index (κ2) is 8.86. The molecule has 0 spiro atoms. The molecule has 9 nitrogen and oxygen atoms in total. The van der Waals surface area contributed by atoms with Gasteiger partial charge in [0.2, 0.25) is 0 Å². The topological polar surface area (TPSA) is 108 Å². The highest BCUT2D eigenvalue weighted by Gasteiger charge is 2.32. The zero-order valence-corrected chi connectivity index (χ0v) is 19.2. The minimum absolute atomic E-state index is 0.0523. The number of hydrogen-bond acceptors (Lipinski definition) is 7. The number of hydrogen-bond donors (Lipinski definition) is 1. The zero-order valence-electron chi connectivity index (χ0n) is 19.2. The average Bonchev–Trinajstić information content (AvgIpc) is 3.24. The normalized spacial score (nSPS) is 14.7. The molecule has 0 bridgehead atoms. The van der Waals surface area contributed by atoms with Crippen molar-refractivity contribution in [2.24, 2.45) is 0 Å². The van der Waals surface area contributed by atoms with E-state index in [1.54, 1.807) is 25.4 Å². The summed E-state index contributed by atoms with van der Waals surface area (Å²) in [6, 6.07) is 6.06. The Balaban J connectivity index is 1.67. The lowest BCUT2D eigenvalue weighted by atomic mass is 10.0. The lowest BCUT2D eigenvalue weighted by Crippen LogP contribution is -2.39. The lowest BCUT2D eigenvalue weighted by molar-refractivity contribution is 0.0519. The van der Waals surface area contributed by atoms with Crippen LogP contribution in [-0.4, -0.2) is 42.9 Å². The Morgan fingerprint density at radius 1 is 1.29 bits per heavy atom. The fraction of sp³-hybridized carbons (Fsp3) is 0.280. The number of pyridine rings is 2. The van der Waals surface area contributed by atoms with E-state index < -0.39 is 28.9 Å². The van der Waals surface area contributed by atoms with Gasteiger partial charge < -0.3 is 19.1 Å². The molecule has 1 N–H and O–H groups in total. The van der Waals surface area contributed by atoms with Crippen LogP contribution >= 0.6 is 0 Å². The van der Waals surface area contributed by atoms with Crippen LogP contribution in [0, 0.1) is 12.7 Å². The Labute approximate surface area is 199 Å². The van der Waals surface area contributed by atoms with Gasteiger partial charge in [-0.2, -0.15) is 0 Å². The summed E-state index contributed by atoms with van der Waals surface area (Å²) in [4.78, 5) is 34.5. The van der Waals surface area contributed by atoms with Gasteiger partial charge in [-0.25, -0.2) is 14.2 Å². The van der Waals surface area contributed by atoms with E-state index in [0.29, 0.717) is 29.8 Å². The van der Waals surface area contributed by atoms with E-state index in [-0.39, 0.29) is 24.5 Å². The van der Waals surface area contributed by atoms with Crippen molar-refractivity contribution in [3.8, 4) is 11.5 Å². The first kappa shape index (κ1) is 22.6. The molecule has 4 aromatic rings. The zero-order chi connectivity index (χ0) is 24.7. The van der Waals surface area contributed by atoms with Gasteiger partial charge in [0, 0.05) is 24.4 Å². The number of aryl methyl sites for hydroxylation is 1. The first-order valence-electron chi connectivity index (χ1n) is 11.2. The van der Waals surface area contributed by atoms with Gasteiger partial charge in [0.15, 0.2) is 17.1 Å². The minimum atomic E-state index is -0.910. The van der Waals surface area contributed by atoms with Crippen LogP contribution in [0.25, 0.3) is 11.0 Å². The predicted molar refractivity (Wildman–Crippen MR) is 124 cm³/mol. The number of rotatable bonds is 6. The number of imidazole rings is 1. The molecule has 4 heterocycles. The van der Waals surface area contributed by atoms with Gasteiger partial charge in [-0.05, 0) is 31.5 Å². The third kappa shape index (κ3) is 4.11. The van der Waals surface area contributed by atoms with Crippen molar-refractivity contribution in [2.75, 3.05) is 6.61 Å². The van der Waals surface area contributed by atoms with Crippen molar-refractivity contribution >= 4 is 17.0 Å². The van der Waals surface area contributed by atoms with Crippen LogP contribution in [0.15, 0.2) is 47.8 Å². The predicted octanol–water partition coefficient (Wildman–Crippen LogP) is 2.97. The molecule has 1 aromatic carbocycles. The van der Waals surface area contributed by atoms with Crippen molar-refractivity contribution in [3.05, 3.63) is 81.5 Å². The van der Waals surface area contributed by atoms with Crippen LogP contribution in [-0.2, 0) is 24.2 Å². The van der Waals surface area contributed by atoms with E-state index in [2.05, 4.69) is 9.97 Å². The highest BCUT2D eigenvalue weighted by Crippen LogP contribution is 2.38. The van der Waals surface area contributed by atoms with Crippen molar-refractivity contribution in [2.45, 2.75) is 39.5 Å². The molecule has 0 amide bonds. The molecule has 1 aliphatic rings. The average molecular weight is 478 g/mol. The van der Waals surface area contributed by atoms with E-state index in [9.17, 15) is 19.1 Å². The smallest absolute Gasteiger partial charge is 0.347 e. The molecule has 180 valence electrons. The first-order chi connectivity index (χ1) is 16.9. The van der Waals surface area contributed by atoms with Gasteiger partial charge in [-0.3, -0.25) is 14.3 Å². The maximum atomic E-state index is 13.4. The highest BCUT2D eigenvalue weighted by atomic mass is 19.1. The second-order valence-corrected chi connectivity index (χ2v) is 8.42. The van der Waals surface area contributed by atoms with Gasteiger partial charge in [0.25, 0.3) is 5.56 Å². The third-order valence-corrected chi connectivity index (χ3v) is 5.91. The number of nitrogens with zero attached hydrogens (tertiary/aromatic N) is 4. The summed E-state index contributed by atoms with van der Waals surface area (Å²) in [5, 5.41) is 10.8. The van der Waals surface area contributed by atoms with Crippen LogP contribution in [0.3, 0.4) is 0 Å². The number of carbonyl (C=O) groups excluding carboxylic acids is 1. The molecule has 1 aliphatic heterocycles. The Bertz CT molecular complexity index is 1490. The summed E-state index contributed by atoms with van der Waals surface area (Å²) >= 11 is 0. The second-order valence-electron chi connectivity index (χ2n) is 8.42. The molecule has 0 saturated heterocycles.